The van der Waals surface area contributed by atoms with Crippen molar-refractivity contribution in [2.75, 3.05) is 11.5 Å². The monoisotopic (exact) mass is 300 g/mol. The van der Waals surface area contributed by atoms with Crippen LogP contribution < -0.4 is 4.90 Å². The molecule has 0 aliphatic heterocycles. The van der Waals surface area contributed by atoms with Crippen molar-refractivity contribution < 1.29 is 9.26 Å². The summed E-state index contributed by atoms with van der Waals surface area (Å²) in [6.07, 6.45) is 2.86. The summed E-state index contributed by atoms with van der Waals surface area (Å²) < 4.78 is 10.6. The van der Waals surface area contributed by atoms with Gasteiger partial charge in [0.25, 0.3) is 0 Å². The Morgan fingerprint density at radius 3 is 2.91 bits per heavy atom. The first-order valence-electron chi connectivity index (χ1n) is 7.38. The van der Waals surface area contributed by atoms with E-state index in [0.717, 1.165) is 12.1 Å². The highest BCUT2D eigenvalue weighted by Gasteiger charge is 2.16. The molecule has 0 aliphatic carbocycles. The van der Waals surface area contributed by atoms with Crippen molar-refractivity contribution in [3.63, 3.8) is 0 Å². The van der Waals surface area contributed by atoms with Crippen LogP contribution in [0, 0.1) is 11.5 Å². The third-order valence-corrected chi connectivity index (χ3v) is 3.31. The van der Waals surface area contributed by atoms with E-state index in [-0.39, 0.29) is 12.6 Å². The van der Waals surface area contributed by atoms with Crippen LogP contribution in [0.3, 0.4) is 0 Å². The highest BCUT2D eigenvalue weighted by Crippen LogP contribution is 2.19. The molecule has 2 rings (SSSR count). The Labute approximate surface area is 130 Å². The lowest BCUT2D eigenvalue weighted by Crippen LogP contribution is -2.16. The van der Waals surface area contributed by atoms with Gasteiger partial charge in [-0.25, -0.2) is 0 Å². The molecule has 0 aliphatic rings. The highest BCUT2D eigenvalue weighted by molar-refractivity contribution is 5.52. The van der Waals surface area contributed by atoms with Gasteiger partial charge in [-0.1, -0.05) is 24.2 Å². The smallest absolute Gasteiger partial charge is 0.247 e. The van der Waals surface area contributed by atoms with Crippen LogP contribution in [-0.2, 0) is 17.7 Å². The van der Waals surface area contributed by atoms with E-state index in [9.17, 15) is 5.26 Å². The van der Waals surface area contributed by atoms with Crippen molar-refractivity contribution in [2.24, 2.45) is 0 Å². The van der Waals surface area contributed by atoms with E-state index in [0.29, 0.717) is 18.3 Å². The van der Waals surface area contributed by atoms with Crippen LogP contribution in [0.15, 0.2) is 28.8 Å². The maximum atomic E-state index is 9.37. The first kappa shape index (κ1) is 16.0. The lowest BCUT2D eigenvalue weighted by atomic mass is 10.1. The number of anilines is 1. The molecular formula is C16H20N4O2. The number of aromatic nitrogens is 2. The molecule has 1 aromatic carbocycles. The zero-order chi connectivity index (χ0) is 15.9. The van der Waals surface area contributed by atoms with Gasteiger partial charge in [-0.15, -0.1) is 0 Å². The van der Waals surface area contributed by atoms with E-state index in [1.807, 2.05) is 38.1 Å². The van der Waals surface area contributed by atoms with E-state index < -0.39 is 0 Å². The predicted octanol–water partition coefficient (Wildman–Crippen LogP) is 3.22. The fourth-order valence-electron chi connectivity index (χ4n) is 2.09. The molecule has 22 heavy (non-hydrogen) atoms. The van der Waals surface area contributed by atoms with Crippen molar-refractivity contribution in [1.82, 2.24) is 10.1 Å². The first-order valence-corrected chi connectivity index (χ1v) is 7.38. The number of nitrogens with zero attached hydrogens (tertiary/aromatic N) is 4. The van der Waals surface area contributed by atoms with Crippen molar-refractivity contribution in [2.45, 2.75) is 39.8 Å². The minimum atomic E-state index is -0.221. The molecule has 2 aromatic rings. The second-order valence-corrected chi connectivity index (χ2v) is 4.85. The number of aryl methyl sites for hydroxylation is 1. The topological polar surface area (TPSA) is 75.2 Å². The lowest BCUT2D eigenvalue weighted by Gasteiger charge is -2.14. The Bertz CT molecular complexity index is 648. The molecule has 6 nitrogen and oxygen atoms in total. The van der Waals surface area contributed by atoms with Crippen LogP contribution in [0.1, 0.15) is 44.2 Å². The second kappa shape index (κ2) is 7.57. The Hall–Kier alpha value is -2.39. The molecule has 0 saturated carbocycles. The van der Waals surface area contributed by atoms with Crippen LogP contribution in [0.4, 0.5) is 5.69 Å². The molecule has 0 fully saturated rings. The largest absolute Gasteiger partial charge is 0.371 e. The number of ether oxygens (including phenoxy) is 1. The SMILES string of the molecule is CCO[C@@H](C)c1noc(CN(C#N)c2cccc(CC)c2)n1. The Kier molecular flexibility index (Phi) is 5.50. The number of hydrogen-bond donors (Lipinski definition) is 0. The zero-order valence-electron chi connectivity index (χ0n) is 13.1. The maximum Gasteiger partial charge on any atom is 0.247 e. The van der Waals surface area contributed by atoms with Crippen LogP contribution in [0.2, 0.25) is 0 Å². The maximum absolute atomic E-state index is 9.37. The molecule has 0 N–H and O–H groups in total. The normalized spacial score (nSPS) is 11.9. The summed E-state index contributed by atoms with van der Waals surface area (Å²) in [5.41, 5.74) is 1.99. The number of rotatable bonds is 7. The van der Waals surface area contributed by atoms with Crippen LogP contribution in [0.5, 0.6) is 0 Å². The third-order valence-electron chi connectivity index (χ3n) is 3.31. The predicted molar refractivity (Wildman–Crippen MR) is 82.0 cm³/mol. The third kappa shape index (κ3) is 3.83. The van der Waals surface area contributed by atoms with Crippen molar-refractivity contribution in [3.05, 3.63) is 41.5 Å². The molecule has 1 heterocycles. The Balaban J connectivity index is 2.12. The number of nitriles is 1. The van der Waals surface area contributed by atoms with Crippen molar-refractivity contribution in [3.8, 4) is 6.19 Å². The fraction of sp³-hybridized carbons (Fsp3) is 0.438. The highest BCUT2D eigenvalue weighted by atomic mass is 16.5. The van der Waals surface area contributed by atoms with Gasteiger partial charge in [0.1, 0.15) is 12.6 Å². The van der Waals surface area contributed by atoms with Gasteiger partial charge < -0.3 is 9.26 Å². The van der Waals surface area contributed by atoms with Gasteiger partial charge in [0.05, 0.1) is 5.69 Å². The summed E-state index contributed by atoms with van der Waals surface area (Å²) >= 11 is 0. The summed E-state index contributed by atoms with van der Waals surface area (Å²) in [6.45, 7) is 6.68. The molecule has 0 amide bonds. The van der Waals surface area contributed by atoms with E-state index >= 15 is 0 Å². The van der Waals surface area contributed by atoms with Gasteiger partial charge in [0, 0.05) is 6.61 Å². The van der Waals surface area contributed by atoms with Crippen molar-refractivity contribution >= 4 is 5.69 Å². The van der Waals surface area contributed by atoms with Gasteiger partial charge in [0.15, 0.2) is 12.0 Å². The standard InChI is InChI=1S/C16H20N4O2/c1-4-13-7-6-8-14(9-13)20(11-17)10-15-18-16(19-22-15)12(3)21-5-2/h6-9,12H,4-5,10H2,1-3H3/t12-/m0/s1. The molecule has 6 heteroatoms. The van der Waals surface area contributed by atoms with Gasteiger partial charge >= 0.3 is 0 Å². The van der Waals surface area contributed by atoms with E-state index in [1.165, 1.54) is 10.5 Å². The minimum absolute atomic E-state index is 0.221. The molecule has 0 unspecified atom stereocenters. The second-order valence-electron chi connectivity index (χ2n) is 4.85. The summed E-state index contributed by atoms with van der Waals surface area (Å²) in [6, 6.07) is 7.86. The van der Waals surface area contributed by atoms with Gasteiger partial charge in [-0.3, -0.25) is 4.90 Å². The summed E-state index contributed by atoms with van der Waals surface area (Å²) in [7, 11) is 0. The number of hydrogen-bond acceptors (Lipinski definition) is 6. The van der Waals surface area contributed by atoms with E-state index in [2.05, 4.69) is 23.3 Å². The molecule has 0 bridgehead atoms. The van der Waals surface area contributed by atoms with E-state index in [1.54, 1.807) is 0 Å². The average molecular weight is 300 g/mol. The lowest BCUT2D eigenvalue weighted by molar-refractivity contribution is 0.0683. The quantitative estimate of drug-likeness (QED) is 0.577. The zero-order valence-corrected chi connectivity index (χ0v) is 13.1. The van der Waals surface area contributed by atoms with Crippen molar-refractivity contribution in [1.29, 1.82) is 5.26 Å². The molecule has 116 valence electrons. The molecule has 1 atom stereocenters. The van der Waals surface area contributed by atoms with Gasteiger partial charge in [-0.05, 0) is 38.0 Å². The first-order chi connectivity index (χ1) is 10.7. The van der Waals surface area contributed by atoms with Crippen LogP contribution in [0.25, 0.3) is 0 Å². The van der Waals surface area contributed by atoms with E-state index in [4.69, 9.17) is 9.26 Å². The van der Waals surface area contributed by atoms with Crippen LogP contribution in [-0.4, -0.2) is 16.7 Å². The molecule has 0 spiro atoms. The fourth-order valence-corrected chi connectivity index (χ4v) is 2.09. The Morgan fingerprint density at radius 2 is 2.23 bits per heavy atom. The molecule has 0 saturated heterocycles. The number of benzene rings is 1. The minimum Gasteiger partial charge on any atom is -0.371 e. The molecular weight excluding hydrogens is 280 g/mol. The van der Waals surface area contributed by atoms with Crippen LogP contribution >= 0.6 is 0 Å². The van der Waals surface area contributed by atoms with Gasteiger partial charge in [0.2, 0.25) is 5.89 Å². The molecule has 0 radical (unpaired) electrons. The summed E-state index contributed by atoms with van der Waals surface area (Å²) in [5, 5.41) is 13.3. The summed E-state index contributed by atoms with van der Waals surface area (Å²) in [5.74, 6) is 0.891. The Morgan fingerprint density at radius 1 is 1.41 bits per heavy atom. The summed E-state index contributed by atoms with van der Waals surface area (Å²) in [4.78, 5) is 5.82. The molecule has 1 aromatic heterocycles. The van der Waals surface area contributed by atoms with Gasteiger partial charge in [-0.2, -0.15) is 10.2 Å². The average Bonchev–Trinajstić information content (AvgIpc) is 3.01.